The summed E-state index contributed by atoms with van der Waals surface area (Å²) in [5.41, 5.74) is 1.79. The Bertz CT molecular complexity index is 1530. The molecule has 10 heteroatoms. The Hall–Kier alpha value is -3.53. The second kappa shape index (κ2) is 9.41. The molecular weight excluding hydrogens is 475 g/mol. The Balaban J connectivity index is 1.25. The number of aromatic nitrogens is 5. The first-order valence-electron chi connectivity index (χ1n) is 12.9. The minimum absolute atomic E-state index is 0.0504. The van der Waals surface area contributed by atoms with E-state index < -0.39 is 0 Å². The summed E-state index contributed by atoms with van der Waals surface area (Å²) in [5, 5.41) is 0.480. The SMILES string of the molecule is Cc1nc2c(N3CC[C@H](Oc4ccc5c(F)cccc5n4)C[C@@H]3C)nc(=O)n(C)c2n1C[C@@H]1CCCO1. The Morgan fingerprint density at radius 1 is 1.16 bits per heavy atom. The molecule has 2 saturated heterocycles. The standard InChI is InChI=1S/C27H31FN6O3/c1-16-14-18(37-23-10-9-20-21(28)7-4-8-22(20)30-23)11-12-33(16)25-24-26(32(3)27(35)31-25)34(17(2)29-24)15-19-6-5-13-36-19/h4,7-10,16,18-19H,5-6,11-15H2,1-3H3/t16-,18-,19-/m0/s1. The number of pyridine rings is 1. The monoisotopic (exact) mass is 506 g/mol. The van der Waals surface area contributed by atoms with Gasteiger partial charge in [0.1, 0.15) is 28.9 Å². The van der Waals surface area contributed by atoms with Crippen molar-refractivity contribution in [3.05, 3.63) is 52.5 Å². The number of rotatable bonds is 5. The van der Waals surface area contributed by atoms with Crippen LogP contribution in [0.4, 0.5) is 10.2 Å². The summed E-state index contributed by atoms with van der Waals surface area (Å²) in [6, 6.07) is 8.36. The number of aryl methyl sites for hydroxylation is 2. The number of hydrogen-bond acceptors (Lipinski definition) is 7. The number of hydrogen-bond donors (Lipinski definition) is 0. The molecule has 1 aromatic carbocycles. The normalized spacial score (nSPS) is 22.3. The van der Waals surface area contributed by atoms with Crippen LogP contribution in [0.2, 0.25) is 0 Å². The molecule has 0 bridgehead atoms. The van der Waals surface area contributed by atoms with Gasteiger partial charge in [0.2, 0.25) is 5.88 Å². The molecule has 0 unspecified atom stereocenters. The van der Waals surface area contributed by atoms with E-state index >= 15 is 0 Å². The summed E-state index contributed by atoms with van der Waals surface area (Å²) in [6.45, 7) is 6.20. The average Bonchev–Trinajstić information content (AvgIpc) is 3.50. The van der Waals surface area contributed by atoms with Crippen LogP contribution >= 0.6 is 0 Å². The second-order valence-electron chi connectivity index (χ2n) is 10.1. The van der Waals surface area contributed by atoms with E-state index in [2.05, 4.69) is 26.4 Å². The smallest absolute Gasteiger partial charge is 0.350 e. The van der Waals surface area contributed by atoms with Gasteiger partial charge in [-0.25, -0.2) is 19.2 Å². The van der Waals surface area contributed by atoms with E-state index in [0.29, 0.717) is 35.7 Å². The summed E-state index contributed by atoms with van der Waals surface area (Å²) >= 11 is 0. The Kier molecular flexibility index (Phi) is 6.06. The molecule has 3 atom stereocenters. The molecule has 0 saturated carbocycles. The molecule has 194 valence electrons. The largest absolute Gasteiger partial charge is 0.474 e. The number of benzene rings is 1. The first kappa shape index (κ1) is 23.8. The van der Waals surface area contributed by atoms with Gasteiger partial charge in [0.25, 0.3) is 0 Å². The maximum Gasteiger partial charge on any atom is 0.350 e. The zero-order valence-electron chi connectivity index (χ0n) is 21.4. The fourth-order valence-corrected chi connectivity index (χ4v) is 5.65. The Morgan fingerprint density at radius 3 is 2.81 bits per heavy atom. The number of piperidine rings is 1. The van der Waals surface area contributed by atoms with Gasteiger partial charge in [0.15, 0.2) is 5.82 Å². The van der Waals surface area contributed by atoms with Crippen molar-refractivity contribution in [1.82, 2.24) is 24.1 Å². The van der Waals surface area contributed by atoms with Gasteiger partial charge in [-0.2, -0.15) is 4.98 Å². The fraction of sp³-hybridized carbons (Fsp3) is 0.481. The van der Waals surface area contributed by atoms with Gasteiger partial charge in [-0.1, -0.05) is 6.07 Å². The lowest BCUT2D eigenvalue weighted by atomic mass is 10.0. The summed E-state index contributed by atoms with van der Waals surface area (Å²) in [6.07, 6.45) is 3.62. The van der Waals surface area contributed by atoms with Crippen molar-refractivity contribution < 1.29 is 13.9 Å². The van der Waals surface area contributed by atoms with E-state index in [9.17, 15) is 9.18 Å². The average molecular weight is 507 g/mol. The Labute approximate surface area is 213 Å². The highest BCUT2D eigenvalue weighted by Gasteiger charge is 2.31. The van der Waals surface area contributed by atoms with Gasteiger partial charge in [-0.3, -0.25) is 4.57 Å². The summed E-state index contributed by atoms with van der Waals surface area (Å²) in [5.74, 6) is 1.66. The highest BCUT2D eigenvalue weighted by molar-refractivity contribution is 5.84. The number of halogens is 1. The number of nitrogens with zero attached hydrogens (tertiary/aromatic N) is 6. The predicted molar refractivity (Wildman–Crippen MR) is 139 cm³/mol. The van der Waals surface area contributed by atoms with Crippen LogP contribution in [0.1, 0.15) is 38.4 Å². The van der Waals surface area contributed by atoms with Gasteiger partial charge < -0.3 is 18.9 Å². The van der Waals surface area contributed by atoms with Gasteiger partial charge in [0, 0.05) is 50.5 Å². The van der Waals surface area contributed by atoms with Crippen LogP contribution in [0.15, 0.2) is 35.1 Å². The molecule has 0 amide bonds. The summed E-state index contributed by atoms with van der Waals surface area (Å²) in [4.78, 5) is 28.9. The van der Waals surface area contributed by atoms with Crippen LogP contribution in [-0.4, -0.2) is 55.5 Å². The Morgan fingerprint density at radius 2 is 2.03 bits per heavy atom. The molecule has 37 heavy (non-hydrogen) atoms. The van der Waals surface area contributed by atoms with Gasteiger partial charge in [0.05, 0.1) is 18.2 Å². The fourth-order valence-electron chi connectivity index (χ4n) is 5.65. The molecular formula is C27H31FN6O3. The quantitative estimate of drug-likeness (QED) is 0.408. The van der Waals surface area contributed by atoms with Crippen LogP contribution in [0.3, 0.4) is 0 Å². The van der Waals surface area contributed by atoms with Crippen molar-refractivity contribution in [3.63, 3.8) is 0 Å². The van der Waals surface area contributed by atoms with Crippen molar-refractivity contribution in [2.45, 2.75) is 64.3 Å². The van der Waals surface area contributed by atoms with Gasteiger partial charge in [-0.05, 0) is 44.9 Å². The maximum absolute atomic E-state index is 14.0. The third-order valence-electron chi connectivity index (χ3n) is 7.60. The van der Waals surface area contributed by atoms with Gasteiger partial charge >= 0.3 is 5.69 Å². The second-order valence-corrected chi connectivity index (χ2v) is 10.1. The zero-order valence-corrected chi connectivity index (χ0v) is 21.4. The highest BCUT2D eigenvalue weighted by atomic mass is 19.1. The van der Waals surface area contributed by atoms with Crippen LogP contribution in [-0.2, 0) is 18.3 Å². The molecule has 6 rings (SSSR count). The molecule has 2 aliphatic rings. The number of ether oxygens (including phenoxy) is 2. The molecule has 0 N–H and O–H groups in total. The van der Waals surface area contributed by atoms with Crippen LogP contribution < -0.4 is 15.3 Å². The lowest BCUT2D eigenvalue weighted by molar-refractivity contribution is 0.0972. The van der Waals surface area contributed by atoms with E-state index in [1.807, 2.05) is 6.92 Å². The van der Waals surface area contributed by atoms with E-state index in [1.165, 1.54) is 6.07 Å². The van der Waals surface area contributed by atoms with Gasteiger partial charge in [-0.15, -0.1) is 0 Å². The lowest BCUT2D eigenvalue weighted by Gasteiger charge is -2.38. The zero-order chi connectivity index (χ0) is 25.7. The van der Waals surface area contributed by atoms with Crippen molar-refractivity contribution >= 4 is 27.9 Å². The molecule has 2 aliphatic heterocycles. The topological polar surface area (TPSA) is 87.3 Å². The number of fused-ring (bicyclic) bond motifs is 2. The molecule has 2 fully saturated rings. The first-order chi connectivity index (χ1) is 17.9. The third kappa shape index (κ3) is 4.33. The van der Waals surface area contributed by atoms with Crippen molar-refractivity contribution in [3.8, 4) is 5.88 Å². The van der Waals surface area contributed by atoms with Crippen LogP contribution in [0.25, 0.3) is 22.1 Å². The van der Waals surface area contributed by atoms with E-state index in [0.717, 1.165) is 49.3 Å². The summed E-state index contributed by atoms with van der Waals surface area (Å²) < 4.78 is 29.7. The molecule has 5 heterocycles. The van der Waals surface area contributed by atoms with Crippen molar-refractivity contribution in [2.75, 3.05) is 18.1 Å². The first-order valence-corrected chi connectivity index (χ1v) is 12.9. The predicted octanol–water partition coefficient (Wildman–Crippen LogP) is 3.74. The third-order valence-corrected chi connectivity index (χ3v) is 7.60. The number of anilines is 1. The maximum atomic E-state index is 14.0. The molecule has 3 aromatic heterocycles. The summed E-state index contributed by atoms with van der Waals surface area (Å²) in [7, 11) is 1.75. The lowest BCUT2D eigenvalue weighted by Crippen LogP contribution is -2.46. The van der Waals surface area contributed by atoms with E-state index in [4.69, 9.17) is 14.5 Å². The molecule has 0 aliphatic carbocycles. The molecule has 0 spiro atoms. The van der Waals surface area contributed by atoms with E-state index in [1.54, 1.807) is 35.9 Å². The molecule has 4 aromatic rings. The van der Waals surface area contributed by atoms with Crippen molar-refractivity contribution in [2.24, 2.45) is 7.05 Å². The number of imidazole rings is 1. The highest BCUT2D eigenvalue weighted by Crippen LogP contribution is 2.31. The molecule has 0 radical (unpaired) electrons. The van der Waals surface area contributed by atoms with Crippen molar-refractivity contribution in [1.29, 1.82) is 0 Å². The van der Waals surface area contributed by atoms with E-state index in [-0.39, 0.29) is 29.8 Å². The molecule has 9 nitrogen and oxygen atoms in total. The van der Waals surface area contributed by atoms with Crippen LogP contribution in [0.5, 0.6) is 5.88 Å². The minimum Gasteiger partial charge on any atom is -0.474 e. The van der Waals surface area contributed by atoms with Crippen LogP contribution in [0, 0.1) is 12.7 Å². The minimum atomic E-state index is -0.297.